The zero-order valence-electron chi connectivity index (χ0n) is 11.5. The van der Waals surface area contributed by atoms with Gasteiger partial charge in [-0.15, -0.1) is 11.3 Å². The van der Waals surface area contributed by atoms with E-state index in [1.807, 2.05) is 31.3 Å². The number of thiophene rings is 1. The number of rotatable bonds is 6. The van der Waals surface area contributed by atoms with Crippen molar-refractivity contribution in [2.24, 2.45) is 0 Å². The molecular weight excluding hydrogens is 292 g/mol. The van der Waals surface area contributed by atoms with Crippen molar-refractivity contribution in [3.05, 3.63) is 47.3 Å². The molecule has 0 radical (unpaired) electrons. The van der Waals surface area contributed by atoms with E-state index < -0.39 is 10.0 Å². The summed E-state index contributed by atoms with van der Waals surface area (Å²) in [5.41, 5.74) is 0.665. The van der Waals surface area contributed by atoms with Gasteiger partial charge in [0.15, 0.2) is 0 Å². The van der Waals surface area contributed by atoms with Gasteiger partial charge in [0.25, 0.3) is 10.0 Å². The van der Waals surface area contributed by atoms with Crippen LogP contribution in [-0.2, 0) is 16.4 Å². The summed E-state index contributed by atoms with van der Waals surface area (Å²) in [7, 11) is -0.000410. The van der Waals surface area contributed by atoms with E-state index in [2.05, 4.69) is 5.32 Å². The first-order valence-electron chi connectivity index (χ1n) is 6.33. The standard InChI is InChI=1S/C14H18N2O2S2/c1-15-11-10-13-8-9-14(19-13)20(17,18)16(2)12-6-4-3-5-7-12/h3-9,15H,10-11H2,1-2H3. The molecule has 0 spiro atoms. The predicted octanol–water partition coefficient (Wildman–Crippen LogP) is 2.34. The van der Waals surface area contributed by atoms with Gasteiger partial charge < -0.3 is 5.32 Å². The van der Waals surface area contributed by atoms with Crippen LogP contribution in [0.15, 0.2) is 46.7 Å². The third-order valence-corrected chi connectivity index (χ3v) is 6.39. The summed E-state index contributed by atoms with van der Waals surface area (Å²) < 4.78 is 26.8. The van der Waals surface area contributed by atoms with Crippen LogP contribution in [0.2, 0.25) is 0 Å². The maximum atomic E-state index is 12.5. The smallest absolute Gasteiger partial charge is 0.273 e. The Bertz CT molecular complexity index is 651. The lowest BCUT2D eigenvalue weighted by Crippen LogP contribution is -2.25. The van der Waals surface area contributed by atoms with Crippen LogP contribution in [-0.4, -0.2) is 29.1 Å². The molecule has 2 aromatic rings. The minimum absolute atomic E-state index is 0.384. The number of hydrogen-bond acceptors (Lipinski definition) is 4. The van der Waals surface area contributed by atoms with E-state index in [0.29, 0.717) is 9.90 Å². The summed E-state index contributed by atoms with van der Waals surface area (Å²) in [5.74, 6) is 0. The van der Waals surface area contributed by atoms with Crippen molar-refractivity contribution in [3.63, 3.8) is 0 Å². The first-order chi connectivity index (χ1) is 9.55. The number of benzene rings is 1. The van der Waals surface area contributed by atoms with Gasteiger partial charge in [-0.25, -0.2) is 8.42 Å². The Morgan fingerprint density at radius 1 is 1.15 bits per heavy atom. The average Bonchev–Trinajstić information content (AvgIpc) is 2.94. The highest BCUT2D eigenvalue weighted by Crippen LogP contribution is 2.27. The van der Waals surface area contributed by atoms with Gasteiger partial charge in [-0.3, -0.25) is 4.31 Å². The first kappa shape index (κ1) is 15.0. The van der Waals surface area contributed by atoms with Crippen LogP contribution in [0.4, 0.5) is 5.69 Å². The lowest BCUT2D eigenvalue weighted by molar-refractivity contribution is 0.596. The number of para-hydroxylation sites is 1. The zero-order valence-corrected chi connectivity index (χ0v) is 13.2. The maximum Gasteiger partial charge on any atom is 0.273 e. The third kappa shape index (κ3) is 3.20. The van der Waals surface area contributed by atoms with Gasteiger partial charge >= 0.3 is 0 Å². The number of anilines is 1. The van der Waals surface area contributed by atoms with E-state index >= 15 is 0 Å². The predicted molar refractivity (Wildman–Crippen MR) is 84.0 cm³/mol. The molecule has 0 unspecified atom stereocenters. The second-order valence-electron chi connectivity index (χ2n) is 4.38. The third-order valence-electron chi connectivity index (χ3n) is 2.99. The highest BCUT2D eigenvalue weighted by molar-refractivity contribution is 7.94. The second-order valence-corrected chi connectivity index (χ2v) is 7.75. The monoisotopic (exact) mass is 310 g/mol. The van der Waals surface area contributed by atoms with Crippen molar-refractivity contribution in [2.75, 3.05) is 24.9 Å². The zero-order chi connectivity index (χ0) is 14.6. The van der Waals surface area contributed by atoms with Gasteiger partial charge in [0.05, 0.1) is 5.69 Å². The van der Waals surface area contributed by atoms with Crippen LogP contribution in [0.25, 0.3) is 0 Å². The SMILES string of the molecule is CNCCc1ccc(S(=O)(=O)N(C)c2ccccc2)s1. The van der Waals surface area contributed by atoms with Crippen molar-refractivity contribution in [2.45, 2.75) is 10.6 Å². The minimum Gasteiger partial charge on any atom is -0.319 e. The summed E-state index contributed by atoms with van der Waals surface area (Å²) in [6.45, 7) is 0.842. The van der Waals surface area contributed by atoms with E-state index in [4.69, 9.17) is 0 Å². The summed E-state index contributed by atoms with van der Waals surface area (Å²) in [6, 6.07) is 12.7. The Balaban J connectivity index is 2.24. The fourth-order valence-electron chi connectivity index (χ4n) is 1.79. The van der Waals surface area contributed by atoms with Gasteiger partial charge in [-0.1, -0.05) is 18.2 Å². The molecule has 1 heterocycles. The van der Waals surface area contributed by atoms with E-state index in [0.717, 1.165) is 17.8 Å². The van der Waals surface area contributed by atoms with Gasteiger partial charge in [-0.05, 0) is 44.3 Å². The Kier molecular flexibility index (Phi) is 4.80. The van der Waals surface area contributed by atoms with Crippen molar-refractivity contribution < 1.29 is 8.42 Å². The van der Waals surface area contributed by atoms with Crippen molar-refractivity contribution in [1.29, 1.82) is 0 Å². The summed E-state index contributed by atoms with van der Waals surface area (Å²) in [6.07, 6.45) is 0.839. The number of nitrogens with one attached hydrogen (secondary N) is 1. The highest BCUT2D eigenvalue weighted by atomic mass is 32.2. The van der Waals surface area contributed by atoms with E-state index in [1.165, 1.54) is 15.6 Å². The Morgan fingerprint density at radius 2 is 1.85 bits per heavy atom. The lowest BCUT2D eigenvalue weighted by Gasteiger charge is -2.18. The van der Waals surface area contributed by atoms with Gasteiger partial charge in [-0.2, -0.15) is 0 Å². The largest absolute Gasteiger partial charge is 0.319 e. The molecular formula is C14H18N2O2S2. The molecule has 0 saturated heterocycles. The molecule has 1 aromatic heterocycles. The molecule has 0 fully saturated rings. The first-order valence-corrected chi connectivity index (χ1v) is 8.58. The van der Waals surface area contributed by atoms with Crippen LogP contribution in [0.1, 0.15) is 4.88 Å². The number of sulfonamides is 1. The second kappa shape index (κ2) is 6.39. The van der Waals surface area contributed by atoms with Crippen molar-refractivity contribution >= 4 is 27.0 Å². The fraction of sp³-hybridized carbons (Fsp3) is 0.286. The lowest BCUT2D eigenvalue weighted by atomic mass is 10.3. The van der Waals surface area contributed by atoms with Crippen molar-refractivity contribution in [1.82, 2.24) is 5.32 Å². The maximum absolute atomic E-state index is 12.5. The van der Waals surface area contributed by atoms with Crippen LogP contribution in [0.5, 0.6) is 0 Å². The molecule has 0 aliphatic heterocycles. The molecule has 4 nitrogen and oxygen atoms in total. The van der Waals surface area contributed by atoms with Gasteiger partial charge in [0.2, 0.25) is 0 Å². The normalized spacial score (nSPS) is 11.5. The van der Waals surface area contributed by atoms with Gasteiger partial charge in [0.1, 0.15) is 4.21 Å². The molecule has 0 aliphatic carbocycles. The van der Waals surface area contributed by atoms with Crippen LogP contribution >= 0.6 is 11.3 Å². The summed E-state index contributed by atoms with van der Waals surface area (Å²) in [4.78, 5) is 1.07. The number of nitrogens with zero attached hydrogens (tertiary/aromatic N) is 1. The van der Waals surface area contributed by atoms with E-state index in [1.54, 1.807) is 25.2 Å². The fourth-order valence-corrected chi connectivity index (χ4v) is 4.51. The summed E-state index contributed by atoms with van der Waals surface area (Å²) >= 11 is 1.33. The average molecular weight is 310 g/mol. The molecule has 0 aliphatic rings. The molecule has 0 bridgehead atoms. The molecule has 0 atom stereocenters. The number of hydrogen-bond donors (Lipinski definition) is 1. The molecule has 0 amide bonds. The van der Waals surface area contributed by atoms with Gasteiger partial charge in [0, 0.05) is 11.9 Å². The van der Waals surface area contributed by atoms with E-state index in [9.17, 15) is 8.42 Å². The van der Waals surface area contributed by atoms with Crippen LogP contribution in [0.3, 0.4) is 0 Å². The molecule has 20 heavy (non-hydrogen) atoms. The molecule has 0 saturated carbocycles. The molecule has 2 rings (SSSR count). The van der Waals surface area contributed by atoms with Crippen molar-refractivity contribution in [3.8, 4) is 0 Å². The Hall–Kier alpha value is -1.37. The summed E-state index contributed by atoms with van der Waals surface area (Å²) in [5, 5.41) is 3.06. The van der Waals surface area contributed by atoms with Crippen LogP contribution < -0.4 is 9.62 Å². The highest BCUT2D eigenvalue weighted by Gasteiger charge is 2.23. The molecule has 108 valence electrons. The molecule has 1 N–H and O–H groups in total. The van der Waals surface area contributed by atoms with Crippen LogP contribution in [0, 0.1) is 0 Å². The molecule has 6 heteroatoms. The molecule has 1 aromatic carbocycles. The quantitative estimate of drug-likeness (QED) is 0.891. The Morgan fingerprint density at radius 3 is 2.50 bits per heavy atom. The van der Waals surface area contributed by atoms with E-state index in [-0.39, 0.29) is 0 Å². The Labute approximate surface area is 124 Å². The number of likely N-dealkylation sites (N-methyl/N-ethyl adjacent to an activating group) is 1. The topological polar surface area (TPSA) is 49.4 Å². The minimum atomic E-state index is -3.46.